The SMILES string of the molecule is CC(C)OCC1=CCC(=O)CC1. The summed E-state index contributed by atoms with van der Waals surface area (Å²) >= 11 is 0. The van der Waals surface area contributed by atoms with Crippen LogP contribution in [0, 0.1) is 0 Å². The molecule has 0 aromatic heterocycles. The van der Waals surface area contributed by atoms with Gasteiger partial charge in [0.1, 0.15) is 5.78 Å². The summed E-state index contributed by atoms with van der Waals surface area (Å²) in [4.78, 5) is 10.9. The lowest BCUT2D eigenvalue weighted by Crippen LogP contribution is -2.10. The normalized spacial score (nSPS) is 18.2. The maximum atomic E-state index is 10.9. The summed E-state index contributed by atoms with van der Waals surface area (Å²) in [6, 6.07) is 0. The smallest absolute Gasteiger partial charge is 0.136 e. The second kappa shape index (κ2) is 4.41. The molecule has 2 nitrogen and oxygen atoms in total. The highest BCUT2D eigenvalue weighted by molar-refractivity contribution is 5.81. The van der Waals surface area contributed by atoms with E-state index >= 15 is 0 Å². The van der Waals surface area contributed by atoms with E-state index in [2.05, 4.69) is 0 Å². The van der Waals surface area contributed by atoms with Crippen LogP contribution in [0.3, 0.4) is 0 Å². The van der Waals surface area contributed by atoms with Crippen molar-refractivity contribution in [3.05, 3.63) is 11.6 Å². The number of rotatable bonds is 3. The molecule has 0 heterocycles. The van der Waals surface area contributed by atoms with Crippen LogP contribution in [-0.2, 0) is 9.53 Å². The van der Waals surface area contributed by atoms with Gasteiger partial charge in [0.05, 0.1) is 12.7 Å². The zero-order valence-corrected chi connectivity index (χ0v) is 7.80. The van der Waals surface area contributed by atoms with Crippen molar-refractivity contribution in [1.29, 1.82) is 0 Å². The molecule has 0 fully saturated rings. The van der Waals surface area contributed by atoms with E-state index in [-0.39, 0.29) is 6.10 Å². The Morgan fingerprint density at radius 2 is 2.25 bits per heavy atom. The number of ketones is 1. The molecule has 0 unspecified atom stereocenters. The first kappa shape index (κ1) is 9.46. The van der Waals surface area contributed by atoms with Gasteiger partial charge in [0.2, 0.25) is 0 Å². The Labute approximate surface area is 73.6 Å². The molecule has 1 aliphatic rings. The molecular formula is C10H16O2. The van der Waals surface area contributed by atoms with Crippen LogP contribution in [0.25, 0.3) is 0 Å². The van der Waals surface area contributed by atoms with Gasteiger partial charge in [-0.15, -0.1) is 0 Å². The maximum absolute atomic E-state index is 10.9. The first-order chi connectivity index (χ1) is 5.68. The second-order valence-corrected chi connectivity index (χ2v) is 3.46. The van der Waals surface area contributed by atoms with Gasteiger partial charge in [0.25, 0.3) is 0 Å². The molecule has 0 saturated carbocycles. The van der Waals surface area contributed by atoms with E-state index in [0.717, 1.165) is 6.42 Å². The van der Waals surface area contributed by atoms with Crippen LogP contribution >= 0.6 is 0 Å². The van der Waals surface area contributed by atoms with Crippen molar-refractivity contribution in [2.75, 3.05) is 6.61 Å². The molecule has 1 aliphatic carbocycles. The Bertz CT molecular complexity index is 192. The summed E-state index contributed by atoms with van der Waals surface area (Å²) in [5.74, 6) is 0.350. The number of allylic oxidation sites excluding steroid dienone is 1. The topological polar surface area (TPSA) is 26.3 Å². The van der Waals surface area contributed by atoms with Crippen molar-refractivity contribution >= 4 is 5.78 Å². The molecular weight excluding hydrogens is 152 g/mol. The van der Waals surface area contributed by atoms with Crippen molar-refractivity contribution in [2.45, 2.75) is 39.2 Å². The molecule has 12 heavy (non-hydrogen) atoms. The molecule has 0 N–H and O–H groups in total. The molecule has 0 aromatic carbocycles. The van der Waals surface area contributed by atoms with Crippen LogP contribution in [0.5, 0.6) is 0 Å². The van der Waals surface area contributed by atoms with Crippen molar-refractivity contribution < 1.29 is 9.53 Å². The van der Waals surface area contributed by atoms with Gasteiger partial charge in [0, 0.05) is 12.8 Å². The first-order valence-corrected chi connectivity index (χ1v) is 4.49. The van der Waals surface area contributed by atoms with E-state index < -0.39 is 0 Å². The largest absolute Gasteiger partial charge is 0.374 e. The zero-order valence-electron chi connectivity index (χ0n) is 7.80. The fraction of sp³-hybridized carbons (Fsp3) is 0.700. The average molecular weight is 168 g/mol. The van der Waals surface area contributed by atoms with Crippen molar-refractivity contribution in [3.63, 3.8) is 0 Å². The van der Waals surface area contributed by atoms with E-state index in [9.17, 15) is 4.79 Å². The number of ether oxygens (including phenoxy) is 1. The fourth-order valence-electron chi connectivity index (χ4n) is 1.17. The number of hydrogen-bond donors (Lipinski definition) is 0. The number of carbonyl (C=O) groups excluding carboxylic acids is 1. The van der Waals surface area contributed by atoms with Gasteiger partial charge in [-0.2, -0.15) is 0 Å². The van der Waals surface area contributed by atoms with Crippen molar-refractivity contribution in [3.8, 4) is 0 Å². The van der Waals surface area contributed by atoms with E-state index in [1.165, 1.54) is 5.57 Å². The zero-order chi connectivity index (χ0) is 8.97. The monoisotopic (exact) mass is 168 g/mol. The third-order valence-electron chi connectivity index (χ3n) is 1.95. The molecule has 0 amide bonds. The van der Waals surface area contributed by atoms with Gasteiger partial charge in [-0.3, -0.25) is 4.79 Å². The van der Waals surface area contributed by atoms with Crippen LogP contribution in [0.15, 0.2) is 11.6 Å². The van der Waals surface area contributed by atoms with Crippen molar-refractivity contribution in [2.24, 2.45) is 0 Å². The van der Waals surface area contributed by atoms with Gasteiger partial charge in [-0.25, -0.2) is 0 Å². The van der Waals surface area contributed by atoms with E-state index in [4.69, 9.17) is 4.74 Å². The summed E-state index contributed by atoms with van der Waals surface area (Å²) in [6.07, 6.45) is 4.49. The quantitative estimate of drug-likeness (QED) is 0.603. The minimum Gasteiger partial charge on any atom is -0.374 e. The Hall–Kier alpha value is -0.630. The molecule has 0 aromatic rings. The number of hydrogen-bond acceptors (Lipinski definition) is 2. The van der Waals surface area contributed by atoms with Crippen LogP contribution in [0.2, 0.25) is 0 Å². The third-order valence-corrected chi connectivity index (χ3v) is 1.95. The Balaban J connectivity index is 2.29. The summed E-state index contributed by atoms with van der Waals surface area (Å²) < 4.78 is 5.44. The molecule has 1 rings (SSSR count). The Morgan fingerprint density at radius 3 is 2.75 bits per heavy atom. The summed E-state index contributed by atoms with van der Waals surface area (Å²) in [6.45, 7) is 4.74. The van der Waals surface area contributed by atoms with E-state index in [0.29, 0.717) is 25.2 Å². The second-order valence-electron chi connectivity index (χ2n) is 3.46. The van der Waals surface area contributed by atoms with Gasteiger partial charge in [-0.05, 0) is 25.8 Å². The van der Waals surface area contributed by atoms with Gasteiger partial charge in [0.15, 0.2) is 0 Å². The average Bonchev–Trinajstić information content (AvgIpc) is 2.03. The molecule has 0 bridgehead atoms. The molecule has 0 spiro atoms. The molecule has 68 valence electrons. The third kappa shape index (κ3) is 3.18. The minimum atomic E-state index is 0.281. The van der Waals surface area contributed by atoms with Gasteiger partial charge in [-0.1, -0.05) is 6.08 Å². The molecule has 0 aliphatic heterocycles. The van der Waals surface area contributed by atoms with Crippen LogP contribution in [-0.4, -0.2) is 18.5 Å². The van der Waals surface area contributed by atoms with Crippen molar-refractivity contribution in [1.82, 2.24) is 0 Å². The molecule has 0 radical (unpaired) electrons. The summed E-state index contributed by atoms with van der Waals surface area (Å²) in [7, 11) is 0. The highest BCUT2D eigenvalue weighted by atomic mass is 16.5. The number of carbonyl (C=O) groups is 1. The van der Waals surface area contributed by atoms with Crippen LogP contribution in [0.1, 0.15) is 33.1 Å². The summed E-state index contributed by atoms with van der Waals surface area (Å²) in [5.41, 5.74) is 1.28. The lowest BCUT2D eigenvalue weighted by Gasteiger charge is -2.13. The molecule has 0 saturated heterocycles. The molecule has 0 atom stereocenters. The highest BCUT2D eigenvalue weighted by Gasteiger charge is 2.10. The van der Waals surface area contributed by atoms with E-state index in [1.807, 2.05) is 19.9 Å². The van der Waals surface area contributed by atoms with Gasteiger partial charge >= 0.3 is 0 Å². The predicted octanol–water partition coefficient (Wildman–Crippen LogP) is 2.09. The molecule has 2 heteroatoms. The summed E-state index contributed by atoms with van der Waals surface area (Å²) in [5, 5.41) is 0. The van der Waals surface area contributed by atoms with Crippen LogP contribution < -0.4 is 0 Å². The van der Waals surface area contributed by atoms with Crippen LogP contribution in [0.4, 0.5) is 0 Å². The van der Waals surface area contributed by atoms with E-state index in [1.54, 1.807) is 0 Å². The Morgan fingerprint density at radius 1 is 1.50 bits per heavy atom. The first-order valence-electron chi connectivity index (χ1n) is 4.49. The fourth-order valence-corrected chi connectivity index (χ4v) is 1.17. The number of Topliss-reactive ketones (excluding diaryl/α,β-unsaturated/α-hetero) is 1. The predicted molar refractivity (Wildman–Crippen MR) is 48.0 cm³/mol. The minimum absolute atomic E-state index is 0.281. The lowest BCUT2D eigenvalue weighted by molar-refractivity contribution is -0.118. The maximum Gasteiger partial charge on any atom is 0.136 e. The van der Waals surface area contributed by atoms with Gasteiger partial charge < -0.3 is 4.74 Å². The lowest BCUT2D eigenvalue weighted by atomic mass is 9.99. The highest BCUT2D eigenvalue weighted by Crippen LogP contribution is 2.15. The standard InChI is InChI=1S/C10H16O2/c1-8(2)12-7-9-3-5-10(11)6-4-9/h3,8H,4-7H2,1-2H3. The Kier molecular flexibility index (Phi) is 3.48.